The highest BCUT2D eigenvalue weighted by molar-refractivity contribution is 7.92. The number of ether oxygens (including phenoxy) is 2. The molecule has 1 amide bonds. The van der Waals surface area contributed by atoms with Crippen LogP contribution in [0.4, 0.5) is 5.69 Å². The minimum Gasteiger partial charge on any atom is -0.486 e. The van der Waals surface area contributed by atoms with Crippen molar-refractivity contribution < 1.29 is 22.7 Å². The van der Waals surface area contributed by atoms with E-state index >= 15 is 0 Å². The minimum atomic E-state index is -3.79. The lowest BCUT2D eigenvalue weighted by Gasteiger charge is -2.26. The number of carbonyl (C=O) groups is 1. The van der Waals surface area contributed by atoms with E-state index in [9.17, 15) is 13.2 Å². The van der Waals surface area contributed by atoms with E-state index in [0.717, 1.165) is 31.6 Å². The van der Waals surface area contributed by atoms with Crippen molar-refractivity contribution in [3.05, 3.63) is 48.0 Å². The summed E-state index contributed by atoms with van der Waals surface area (Å²) in [7, 11) is -3.79. The molecule has 0 atom stereocenters. The van der Waals surface area contributed by atoms with Crippen molar-refractivity contribution in [3.8, 4) is 11.5 Å². The summed E-state index contributed by atoms with van der Waals surface area (Å²) in [5.41, 5.74) is 0.892. The number of amides is 1. The molecule has 0 bridgehead atoms. The molecule has 2 aliphatic rings. The van der Waals surface area contributed by atoms with Gasteiger partial charge in [-0.2, -0.15) is 0 Å². The van der Waals surface area contributed by atoms with Gasteiger partial charge in [0.1, 0.15) is 13.2 Å². The Morgan fingerprint density at radius 2 is 1.60 bits per heavy atom. The van der Waals surface area contributed by atoms with Crippen LogP contribution in [0.25, 0.3) is 0 Å². The van der Waals surface area contributed by atoms with Crippen molar-refractivity contribution in [2.75, 3.05) is 17.9 Å². The number of anilines is 1. The number of carbonyl (C=O) groups excluding carboxylic acids is 1. The Morgan fingerprint density at radius 3 is 2.30 bits per heavy atom. The molecule has 1 fully saturated rings. The molecule has 1 aliphatic heterocycles. The quantitative estimate of drug-likeness (QED) is 0.756. The van der Waals surface area contributed by atoms with E-state index in [1.807, 2.05) is 0 Å². The van der Waals surface area contributed by atoms with E-state index in [1.165, 1.54) is 12.1 Å². The molecule has 2 aromatic carbocycles. The van der Waals surface area contributed by atoms with Crippen LogP contribution in [0.3, 0.4) is 0 Å². The third-order valence-corrected chi connectivity index (χ3v) is 6.95. The number of sulfonamides is 1. The van der Waals surface area contributed by atoms with Gasteiger partial charge in [-0.1, -0.05) is 6.92 Å². The zero-order valence-electron chi connectivity index (χ0n) is 16.9. The highest BCUT2D eigenvalue weighted by Gasteiger charge is 2.21. The lowest BCUT2D eigenvalue weighted by atomic mass is 9.87. The highest BCUT2D eigenvalue weighted by atomic mass is 32.2. The Labute approximate surface area is 176 Å². The zero-order chi connectivity index (χ0) is 21.1. The first-order chi connectivity index (χ1) is 14.4. The standard InChI is InChI=1S/C22H26N2O5S/c1-15-2-6-17(7-3-15)23-22(25)16-4-8-18(9-5-16)24-30(26,27)19-10-11-20-21(14-19)29-13-12-28-20/h4-5,8-11,14-15,17,24H,2-3,6-7,12-13H2,1H3,(H,23,25). The second-order valence-corrected chi connectivity index (χ2v) is 9.60. The fraction of sp³-hybridized carbons (Fsp3) is 0.409. The Morgan fingerprint density at radius 1 is 0.933 bits per heavy atom. The van der Waals surface area contributed by atoms with Crippen molar-refractivity contribution in [3.63, 3.8) is 0 Å². The summed E-state index contributed by atoms with van der Waals surface area (Å²) in [6.45, 7) is 3.06. The first-order valence-corrected chi connectivity index (χ1v) is 11.7. The van der Waals surface area contributed by atoms with Gasteiger partial charge in [0.05, 0.1) is 4.90 Å². The summed E-state index contributed by atoms with van der Waals surface area (Å²) in [4.78, 5) is 12.6. The minimum absolute atomic E-state index is 0.0834. The third kappa shape index (κ3) is 4.70. The van der Waals surface area contributed by atoms with Crippen LogP contribution in [-0.2, 0) is 10.0 Å². The molecule has 7 nitrogen and oxygen atoms in total. The summed E-state index contributed by atoms with van der Waals surface area (Å²) >= 11 is 0. The van der Waals surface area contributed by atoms with E-state index < -0.39 is 10.0 Å². The van der Waals surface area contributed by atoms with Gasteiger partial charge in [0, 0.05) is 23.4 Å². The monoisotopic (exact) mass is 430 g/mol. The molecule has 2 N–H and O–H groups in total. The number of hydrogen-bond donors (Lipinski definition) is 2. The molecular weight excluding hydrogens is 404 g/mol. The van der Waals surface area contributed by atoms with Gasteiger partial charge in [0.25, 0.3) is 15.9 Å². The van der Waals surface area contributed by atoms with E-state index in [0.29, 0.717) is 36.0 Å². The Kier molecular flexibility index (Phi) is 5.85. The van der Waals surface area contributed by atoms with Crippen LogP contribution >= 0.6 is 0 Å². The van der Waals surface area contributed by atoms with E-state index in [4.69, 9.17) is 9.47 Å². The van der Waals surface area contributed by atoms with Crippen molar-refractivity contribution in [1.29, 1.82) is 0 Å². The molecule has 8 heteroatoms. The van der Waals surface area contributed by atoms with Crippen LogP contribution in [0.1, 0.15) is 43.0 Å². The van der Waals surface area contributed by atoms with E-state index in [-0.39, 0.29) is 16.8 Å². The van der Waals surface area contributed by atoms with Gasteiger partial charge in [-0.05, 0) is 68.0 Å². The lowest BCUT2D eigenvalue weighted by Crippen LogP contribution is -2.37. The Hall–Kier alpha value is -2.74. The summed E-state index contributed by atoms with van der Waals surface area (Å²) in [5, 5.41) is 3.07. The van der Waals surface area contributed by atoms with Crippen molar-refractivity contribution in [2.45, 2.75) is 43.5 Å². The van der Waals surface area contributed by atoms with Crippen LogP contribution in [0.5, 0.6) is 11.5 Å². The van der Waals surface area contributed by atoms with Gasteiger partial charge < -0.3 is 14.8 Å². The Balaban J connectivity index is 1.41. The Bertz CT molecular complexity index is 1010. The highest BCUT2D eigenvalue weighted by Crippen LogP contribution is 2.32. The fourth-order valence-corrected chi connectivity index (χ4v) is 4.84. The molecule has 0 unspecified atom stereocenters. The topological polar surface area (TPSA) is 93.7 Å². The van der Waals surface area contributed by atoms with Crippen LogP contribution < -0.4 is 19.5 Å². The van der Waals surface area contributed by atoms with Crippen molar-refractivity contribution >= 4 is 21.6 Å². The summed E-state index contributed by atoms with van der Waals surface area (Å²) in [6, 6.07) is 11.2. The second kappa shape index (κ2) is 8.55. The van der Waals surface area contributed by atoms with Gasteiger partial charge in [0.2, 0.25) is 0 Å². The van der Waals surface area contributed by atoms with Crippen LogP contribution in [0.15, 0.2) is 47.4 Å². The predicted molar refractivity (Wildman–Crippen MR) is 114 cm³/mol. The van der Waals surface area contributed by atoms with E-state index in [1.54, 1.807) is 30.3 Å². The normalized spacial score (nSPS) is 21.0. The van der Waals surface area contributed by atoms with Crippen molar-refractivity contribution in [2.24, 2.45) is 5.92 Å². The van der Waals surface area contributed by atoms with Gasteiger partial charge in [-0.15, -0.1) is 0 Å². The molecule has 2 aromatic rings. The molecule has 0 saturated heterocycles. The first-order valence-electron chi connectivity index (χ1n) is 10.2. The number of benzene rings is 2. The average Bonchev–Trinajstić information content (AvgIpc) is 2.75. The molecule has 1 heterocycles. The smallest absolute Gasteiger partial charge is 0.262 e. The third-order valence-electron chi connectivity index (χ3n) is 5.57. The van der Waals surface area contributed by atoms with Gasteiger partial charge in [0.15, 0.2) is 11.5 Å². The second-order valence-electron chi connectivity index (χ2n) is 7.92. The molecular formula is C22H26N2O5S. The van der Waals surface area contributed by atoms with Crippen LogP contribution in [0.2, 0.25) is 0 Å². The number of hydrogen-bond acceptors (Lipinski definition) is 5. The average molecular weight is 431 g/mol. The van der Waals surface area contributed by atoms with Gasteiger partial charge in [-0.3, -0.25) is 9.52 Å². The maximum atomic E-state index is 12.7. The predicted octanol–water partition coefficient (Wildman–Crippen LogP) is 3.57. The zero-order valence-corrected chi connectivity index (χ0v) is 17.7. The summed E-state index contributed by atoms with van der Waals surface area (Å²) in [6.07, 6.45) is 4.26. The molecule has 1 saturated carbocycles. The molecule has 0 aromatic heterocycles. The largest absolute Gasteiger partial charge is 0.486 e. The molecule has 30 heavy (non-hydrogen) atoms. The maximum absolute atomic E-state index is 12.7. The molecule has 0 spiro atoms. The lowest BCUT2D eigenvalue weighted by molar-refractivity contribution is 0.0923. The van der Waals surface area contributed by atoms with Crippen LogP contribution in [-0.4, -0.2) is 33.6 Å². The number of rotatable bonds is 5. The van der Waals surface area contributed by atoms with Crippen LogP contribution in [0, 0.1) is 5.92 Å². The van der Waals surface area contributed by atoms with Gasteiger partial charge in [-0.25, -0.2) is 8.42 Å². The number of fused-ring (bicyclic) bond motifs is 1. The molecule has 160 valence electrons. The summed E-state index contributed by atoms with van der Waals surface area (Å²) < 4.78 is 38.8. The first kappa shape index (κ1) is 20.5. The molecule has 4 rings (SSSR count). The molecule has 0 radical (unpaired) electrons. The van der Waals surface area contributed by atoms with Gasteiger partial charge >= 0.3 is 0 Å². The van der Waals surface area contributed by atoms with Crippen molar-refractivity contribution in [1.82, 2.24) is 5.32 Å². The SMILES string of the molecule is CC1CCC(NC(=O)c2ccc(NS(=O)(=O)c3ccc4c(c3)OCCO4)cc2)CC1. The van der Waals surface area contributed by atoms with E-state index in [2.05, 4.69) is 17.0 Å². The fourth-order valence-electron chi connectivity index (χ4n) is 3.77. The summed E-state index contributed by atoms with van der Waals surface area (Å²) in [5.74, 6) is 1.53. The maximum Gasteiger partial charge on any atom is 0.262 e. The number of nitrogens with one attached hydrogen (secondary N) is 2. The molecule has 1 aliphatic carbocycles.